The van der Waals surface area contributed by atoms with E-state index in [0.29, 0.717) is 17.3 Å². The number of rotatable bonds is 5. The Morgan fingerprint density at radius 2 is 1.92 bits per heavy atom. The summed E-state index contributed by atoms with van der Waals surface area (Å²) in [5.41, 5.74) is 14.7. The van der Waals surface area contributed by atoms with Crippen LogP contribution in [0.25, 0.3) is 0 Å². The van der Waals surface area contributed by atoms with E-state index in [2.05, 4.69) is 4.99 Å². The molecule has 0 radical (unpaired) electrons. The second-order valence-corrected chi connectivity index (χ2v) is 6.41. The highest BCUT2D eigenvalue weighted by Crippen LogP contribution is 2.26. The van der Waals surface area contributed by atoms with Crippen molar-refractivity contribution in [2.45, 2.75) is 13.5 Å². The van der Waals surface area contributed by atoms with E-state index in [4.69, 9.17) is 11.5 Å². The minimum absolute atomic E-state index is 0.0809. The zero-order valence-electron chi connectivity index (χ0n) is 13.9. The first-order valence-corrected chi connectivity index (χ1v) is 8.68. The zero-order valence-corrected chi connectivity index (χ0v) is 14.7. The van der Waals surface area contributed by atoms with Crippen LogP contribution in [-0.2, 0) is 6.54 Å². The Labute approximate surface area is 146 Å². The molecule has 0 saturated carbocycles. The van der Waals surface area contributed by atoms with Crippen LogP contribution in [0.4, 0.5) is 11.4 Å². The van der Waals surface area contributed by atoms with Crippen molar-refractivity contribution in [1.29, 1.82) is 0 Å². The molecule has 0 fully saturated rings. The first-order chi connectivity index (χ1) is 11.6. The van der Waals surface area contributed by atoms with Crippen LogP contribution in [0.1, 0.15) is 22.8 Å². The molecule has 6 heteroatoms. The van der Waals surface area contributed by atoms with E-state index < -0.39 is 0 Å². The topological polar surface area (TPSA) is 84.7 Å². The molecule has 0 aliphatic rings. The molecule has 126 valence electrons. The summed E-state index contributed by atoms with van der Waals surface area (Å²) < 4.78 is 0. The van der Waals surface area contributed by atoms with Gasteiger partial charge in [0.1, 0.15) is 0 Å². The van der Waals surface area contributed by atoms with Crippen molar-refractivity contribution < 1.29 is 4.79 Å². The summed E-state index contributed by atoms with van der Waals surface area (Å²) in [6, 6.07) is 14.7. The fraction of sp³-hybridized carbons (Fsp3) is 0.222. The highest BCUT2D eigenvalue weighted by molar-refractivity contribution is 8.13. The summed E-state index contributed by atoms with van der Waals surface area (Å²) >= 11 is 1.48. The van der Waals surface area contributed by atoms with Crippen molar-refractivity contribution in [1.82, 2.24) is 0 Å². The smallest absolute Gasteiger partial charge is 0.258 e. The molecule has 1 amide bonds. The Hall–Kier alpha value is -2.31. The molecule has 2 rings (SSSR count). The minimum Gasteiger partial charge on any atom is -0.378 e. The molecule has 0 aromatic heterocycles. The molecule has 0 saturated heterocycles. The number of thioether (sulfide) groups is 1. The van der Waals surface area contributed by atoms with Crippen LogP contribution >= 0.6 is 11.8 Å². The third-order valence-corrected chi connectivity index (χ3v) is 4.18. The third-order valence-electron chi connectivity index (χ3n) is 3.50. The van der Waals surface area contributed by atoms with E-state index in [1.165, 1.54) is 11.8 Å². The van der Waals surface area contributed by atoms with Crippen LogP contribution in [-0.4, -0.2) is 23.9 Å². The van der Waals surface area contributed by atoms with Gasteiger partial charge in [0.05, 0.1) is 5.69 Å². The van der Waals surface area contributed by atoms with Gasteiger partial charge in [0.25, 0.3) is 5.91 Å². The molecule has 0 bridgehead atoms. The number of anilines is 1. The standard InChI is InChI=1S/C18H22N4OS/c1-3-24-18(20)21-15-9-10-16(14(11-15)12-19)22(2)17(23)13-7-5-4-6-8-13/h4-11H,3,12,19H2,1-2H3,(H2,20,21). The molecule has 2 aromatic rings. The van der Waals surface area contributed by atoms with Gasteiger partial charge in [0.15, 0.2) is 5.17 Å². The van der Waals surface area contributed by atoms with Crippen LogP contribution in [0, 0.1) is 0 Å². The number of nitrogens with two attached hydrogens (primary N) is 2. The predicted molar refractivity (Wildman–Crippen MR) is 103 cm³/mol. The Morgan fingerprint density at radius 1 is 1.21 bits per heavy atom. The molecule has 0 unspecified atom stereocenters. The highest BCUT2D eigenvalue weighted by Gasteiger charge is 2.16. The monoisotopic (exact) mass is 342 g/mol. The molecule has 0 atom stereocenters. The second kappa shape index (κ2) is 8.52. The largest absolute Gasteiger partial charge is 0.378 e. The minimum atomic E-state index is -0.0809. The van der Waals surface area contributed by atoms with Crippen molar-refractivity contribution in [3.05, 3.63) is 59.7 Å². The van der Waals surface area contributed by atoms with Crippen LogP contribution in [0.15, 0.2) is 53.5 Å². The molecule has 24 heavy (non-hydrogen) atoms. The summed E-state index contributed by atoms with van der Waals surface area (Å²) in [6.45, 7) is 2.33. The lowest BCUT2D eigenvalue weighted by Crippen LogP contribution is -2.27. The van der Waals surface area contributed by atoms with Gasteiger partial charge in [-0.2, -0.15) is 0 Å². The zero-order chi connectivity index (χ0) is 17.5. The molecule has 0 spiro atoms. The average Bonchev–Trinajstić information content (AvgIpc) is 2.61. The van der Waals surface area contributed by atoms with Crippen molar-refractivity contribution in [2.24, 2.45) is 16.5 Å². The summed E-state index contributed by atoms with van der Waals surface area (Å²) in [5.74, 6) is 0.786. The lowest BCUT2D eigenvalue weighted by molar-refractivity contribution is 0.0993. The number of carbonyl (C=O) groups excluding carboxylic acids is 1. The number of nitrogens with zero attached hydrogens (tertiary/aromatic N) is 2. The molecular weight excluding hydrogens is 320 g/mol. The van der Waals surface area contributed by atoms with E-state index >= 15 is 0 Å². The molecule has 4 N–H and O–H groups in total. The Bertz CT molecular complexity index is 731. The van der Waals surface area contributed by atoms with E-state index in [-0.39, 0.29) is 5.91 Å². The van der Waals surface area contributed by atoms with Crippen molar-refractivity contribution >= 4 is 34.2 Å². The van der Waals surface area contributed by atoms with Gasteiger partial charge < -0.3 is 16.4 Å². The SMILES string of the molecule is CCSC(N)=Nc1ccc(N(C)C(=O)c2ccccc2)c(CN)c1. The van der Waals surface area contributed by atoms with Gasteiger partial charge >= 0.3 is 0 Å². The summed E-state index contributed by atoms with van der Waals surface area (Å²) in [5, 5.41) is 0.516. The maximum Gasteiger partial charge on any atom is 0.258 e. The van der Waals surface area contributed by atoms with Crippen molar-refractivity contribution in [2.75, 3.05) is 17.7 Å². The van der Waals surface area contributed by atoms with Crippen LogP contribution < -0.4 is 16.4 Å². The second-order valence-electron chi connectivity index (χ2n) is 5.13. The Kier molecular flexibility index (Phi) is 6.40. The molecule has 2 aromatic carbocycles. The first kappa shape index (κ1) is 18.0. The van der Waals surface area contributed by atoms with Crippen LogP contribution in [0.2, 0.25) is 0 Å². The molecule has 0 aliphatic heterocycles. The fourth-order valence-corrected chi connectivity index (χ4v) is 2.79. The first-order valence-electron chi connectivity index (χ1n) is 7.69. The molecule has 5 nitrogen and oxygen atoms in total. The Balaban J connectivity index is 2.30. The quantitative estimate of drug-likeness (QED) is 0.646. The average molecular weight is 342 g/mol. The van der Waals surface area contributed by atoms with E-state index in [9.17, 15) is 4.79 Å². The van der Waals surface area contributed by atoms with E-state index in [1.54, 1.807) is 24.1 Å². The van der Waals surface area contributed by atoms with Gasteiger partial charge in [-0.15, -0.1) is 0 Å². The number of hydrogen-bond donors (Lipinski definition) is 2. The van der Waals surface area contributed by atoms with Crippen LogP contribution in [0.3, 0.4) is 0 Å². The van der Waals surface area contributed by atoms with Gasteiger partial charge in [-0.25, -0.2) is 4.99 Å². The summed E-state index contributed by atoms with van der Waals surface area (Å²) in [6.07, 6.45) is 0. The van der Waals surface area contributed by atoms with E-state index in [1.807, 2.05) is 43.3 Å². The summed E-state index contributed by atoms with van der Waals surface area (Å²) in [4.78, 5) is 18.6. The predicted octanol–water partition coefficient (Wildman–Crippen LogP) is 3.12. The third kappa shape index (κ3) is 4.37. The van der Waals surface area contributed by atoms with Crippen molar-refractivity contribution in [3.8, 4) is 0 Å². The lowest BCUT2D eigenvalue weighted by atomic mass is 10.1. The molecule has 0 heterocycles. The summed E-state index contributed by atoms with van der Waals surface area (Å²) in [7, 11) is 1.74. The highest BCUT2D eigenvalue weighted by atomic mass is 32.2. The lowest BCUT2D eigenvalue weighted by Gasteiger charge is -2.21. The van der Waals surface area contributed by atoms with Gasteiger partial charge in [-0.05, 0) is 41.6 Å². The normalized spacial score (nSPS) is 11.4. The number of benzene rings is 2. The number of carbonyl (C=O) groups is 1. The maximum absolute atomic E-state index is 12.6. The fourth-order valence-electron chi connectivity index (χ4n) is 2.32. The maximum atomic E-state index is 12.6. The van der Waals surface area contributed by atoms with E-state index in [0.717, 1.165) is 22.7 Å². The number of aliphatic imine (C=N–C) groups is 1. The number of hydrogen-bond acceptors (Lipinski definition) is 4. The molecule has 0 aliphatic carbocycles. The van der Waals surface area contributed by atoms with Gasteiger partial charge in [0.2, 0.25) is 0 Å². The number of amides is 1. The van der Waals surface area contributed by atoms with Crippen molar-refractivity contribution in [3.63, 3.8) is 0 Å². The Morgan fingerprint density at radius 3 is 2.54 bits per heavy atom. The number of amidine groups is 1. The molecular formula is C18H22N4OS. The van der Waals surface area contributed by atoms with Gasteiger partial charge in [-0.1, -0.05) is 36.9 Å². The van der Waals surface area contributed by atoms with Gasteiger partial charge in [-0.3, -0.25) is 4.79 Å². The van der Waals surface area contributed by atoms with Gasteiger partial charge in [0, 0.05) is 24.8 Å². The van der Waals surface area contributed by atoms with Crippen LogP contribution in [0.5, 0.6) is 0 Å².